The van der Waals surface area contributed by atoms with Crippen LogP contribution in [0.3, 0.4) is 0 Å². The minimum Gasteiger partial charge on any atom is -0.228 e. The molecule has 2 aromatic carbocycles. The van der Waals surface area contributed by atoms with Gasteiger partial charge in [0, 0.05) is 0 Å². The van der Waals surface area contributed by atoms with E-state index in [9.17, 15) is 0 Å². The smallest absolute Gasteiger partial charge is 0.118 e. The summed E-state index contributed by atoms with van der Waals surface area (Å²) in [6.07, 6.45) is 1.63. The van der Waals surface area contributed by atoms with Crippen molar-refractivity contribution in [2.75, 3.05) is 0 Å². The third-order valence-electron chi connectivity index (χ3n) is 4.23. The molecule has 0 aliphatic carbocycles. The van der Waals surface area contributed by atoms with Gasteiger partial charge in [0.2, 0.25) is 0 Å². The minimum absolute atomic E-state index is 0.0811. The maximum atomic E-state index is 6.07. The van der Waals surface area contributed by atoms with Crippen molar-refractivity contribution in [2.24, 2.45) is 10.8 Å². The molecule has 2 aromatic rings. The SMILES string of the molecule is CC(C)(C)CC(OOC(CC(C)(C)C)c1ccccc1)c1ccccc1. The fraction of sp³-hybridized carbons (Fsp3) is 0.500. The lowest BCUT2D eigenvalue weighted by Gasteiger charge is -2.30. The van der Waals surface area contributed by atoms with Gasteiger partial charge < -0.3 is 0 Å². The molecule has 0 aliphatic heterocycles. The number of hydrogen-bond acceptors (Lipinski definition) is 2. The maximum Gasteiger partial charge on any atom is 0.118 e. The van der Waals surface area contributed by atoms with E-state index in [1.165, 1.54) is 0 Å². The summed E-state index contributed by atoms with van der Waals surface area (Å²) in [4.78, 5) is 12.1. The van der Waals surface area contributed by atoms with Gasteiger partial charge in [-0.15, -0.1) is 0 Å². The fourth-order valence-corrected chi connectivity index (χ4v) is 3.00. The molecule has 2 unspecified atom stereocenters. The molecule has 0 bridgehead atoms. The number of benzene rings is 2. The van der Waals surface area contributed by atoms with Crippen LogP contribution in [-0.4, -0.2) is 0 Å². The highest BCUT2D eigenvalue weighted by molar-refractivity contribution is 5.19. The van der Waals surface area contributed by atoms with Gasteiger partial charge in [0.1, 0.15) is 12.2 Å². The third-order valence-corrected chi connectivity index (χ3v) is 4.23. The molecular formula is C24H34O2. The highest BCUT2D eigenvalue weighted by Gasteiger charge is 2.26. The molecule has 26 heavy (non-hydrogen) atoms. The van der Waals surface area contributed by atoms with Crippen molar-refractivity contribution >= 4 is 0 Å². The quantitative estimate of drug-likeness (QED) is 0.384. The average molecular weight is 355 g/mol. The lowest BCUT2D eigenvalue weighted by molar-refractivity contribution is -0.364. The topological polar surface area (TPSA) is 18.5 Å². The summed E-state index contributed by atoms with van der Waals surface area (Å²) >= 11 is 0. The second-order valence-corrected chi connectivity index (χ2v) is 9.52. The van der Waals surface area contributed by atoms with Crippen LogP contribution in [0.4, 0.5) is 0 Å². The van der Waals surface area contributed by atoms with Crippen LogP contribution >= 0.6 is 0 Å². The summed E-state index contributed by atoms with van der Waals surface area (Å²) in [5.74, 6) is 0. The zero-order valence-corrected chi connectivity index (χ0v) is 17.2. The van der Waals surface area contributed by atoms with E-state index >= 15 is 0 Å². The molecule has 0 radical (unpaired) electrons. The van der Waals surface area contributed by atoms with E-state index in [2.05, 4.69) is 90.1 Å². The summed E-state index contributed by atoms with van der Waals surface area (Å²) in [5.41, 5.74) is 2.61. The monoisotopic (exact) mass is 354 g/mol. The van der Waals surface area contributed by atoms with Crippen LogP contribution in [0.1, 0.15) is 77.7 Å². The lowest BCUT2D eigenvalue weighted by Crippen LogP contribution is -2.19. The van der Waals surface area contributed by atoms with E-state index < -0.39 is 0 Å². The van der Waals surface area contributed by atoms with Gasteiger partial charge in [0.25, 0.3) is 0 Å². The molecular weight excluding hydrogens is 320 g/mol. The normalized spacial score (nSPS) is 14.8. The molecule has 2 nitrogen and oxygen atoms in total. The summed E-state index contributed by atoms with van der Waals surface area (Å²) in [5, 5.41) is 0. The molecule has 0 fully saturated rings. The van der Waals surface area contributed by atoms with Crippen LogP contribution < -0.4 is 0 Å². The Bertz CT molecular complexity index is 576. The second-order valence-electron chi connectivity index (χ2n) is 9.52. The van der Waals surface area contributed by atoms with Gasteiger partial charge in [-0.25, -0.2) is 9.78 Å². The largest absolute Gasteiger partial charge is 0.228 e. The van der Waals surface area contributed by atoms with E-state index in [4.69, 9.17) is 9.78 Å². The first-order valence-corrected chi connectivity index (χ1v) is 9.56. The summed E-state index contributed by atoms with van der Waals surface area (Å²) in [6, 6.07) is 20.7. The molecule has 0 aromatic heterocycles. The zero-order valence-electron chi connectivity index (χ0n) is 17.2. The summed E-state index contributed by atoms with van der Waals surface area (Å²) in [7, 11) is 0. The van der Waals surface area contributed by atoms with Crippen molar-refractivity contribution in [2.45, 2.75) is 66.6 Å². The van der Waals surface area contributed by atoms with E-state index in [0.29, 0.717) is 0 Å². The van der Waals surface area contributed by atoms with Gasteiger partial charge in [0.15, 0.2) is 0 Å². The van der Waals surface area contributed by atoms with Crippen LogP contribution in [0.25, 0.3) is 0 Å². The molecule has 0 aliphatic rings. The van der Waals surface area contributed by atoms with E-state index in [-0.39, 0.29) is 23.0 Å². The Morgan fingerprint density at radius 3 is 1.15 bits per heavy atom. The van der Waals surface area contributed by atoms with Gasteiger partial charge in [-0.2, -0.15) is 0 Å². The van der Waals surface area contributed by atoms with Crippen LogP contribution in [0.5, 0.6) is 0 Å². The number of hydrogen-bond donors (Lipinski definition) is 0. The molecule has 0 heterocycles. The molecule has 0 spiro atoms. The molecule has 2 heteroatoms. The Hall–Kier alpha value is -1.64. The summed E-state index contributed by atoms with van der Waals surface area (Å²) in [6.45, 7) is 13.4. The molecule has 142 valence electrons. The van der Waals surface area contributed by atoms with Gasteiger partial charge in [0.05, 0.1) is 0 Å². The van der Waals surface area contributed by atoms with Crippen molar-refractivity contribution in [3.8, 4) is 0 Å². The molecule has 0 saturated carbocycles. The Balaban J connectivity index is 2.17. The Morgan fingerprint density at radius 2 is 0.885 bits per heavy atom. The Labute approximate surface area is 159 Å². The van der Waals surface area contributed by atoms with Crippen molar-refractivity contribution in [1.29, 1.82) is 0 Å². The van der Waals surface area contributed by atoms with Crippen molar-refractivity contribution < 1.29 is 9.78 Å². The van der Waals surface area contributed by atoms with E-state index in [1.807, 2.05) is 12.1 Å². The van der Waals surface area contributed by atoms with Gasteiger partial charge in [-0.3, -0.25) is 0 Å². The lowest BCUT2D eigenvalue weighted by atomic mass is 9.86. The van der Waals surface area contributed by atoms with Crippen LogP contribution in [-0.2, 0) is 9.78 Å². The predicted octanol–water partition coefficient (Wildman–Crippen LogP) is 7.29. The van der Waals surface area contributed by atoms with Crippen molar-refractivity contribution in [3.05, 3.63) is 71.8 Å². The molecule has 0 amide bonds. The van der Waals surface area contributed by atoms with E-state index in [0.717, 1.165) is 24.0 Å². The molecule has 0 saturated heterocycles. The molecule has 2 atom stereocenters. The highest BCUT2D eigenvalue weighted by Crippen LogP contribution is 2.37. The Kier molecular flexibility index (Phi) is 7.02. The maximum absolute atomic E-state index is 6.07. The molecule has 0 N–H and O–H groups in total. The van der Waals surface area contributed by atoms with Crippen LogP contribution in [0.2, 0.25) is 0 Å². The fourth-order valence-electron chi connectivity index (χ4n) is 3.00. The van der Waals surface area contributed by atoms with Gasteiger partial charge in [-0.1, -0.05) is 102 Å². The standard InChI is InChI=1S/C24H34O2/c1-23(2,3)17-21(19-13-9-7-10-14-19)25-26-22(18-24(4,5)6)20-15-11-8-12-16-20/h7-16,21-22H,17-18H2,1-6H3. The first-order valence-electron chi connectivity index (χ1n) is 9.56. The second kappa shape index (κ2) is 8.83. The van der Waals surface area contributed by atoms with Crippen molar-refractivity contribution in [3.63, 3.8) is 0 Å². The molecule has 2 rings (SSSR count). The van der Waals surface area contributed by atoms with Crippen molar-refractivity contribution in [1.82, 2.24) is 0 Å². The van der Waals surface area contributed by atoms with Gasteiger partial charge >= 0.3 is 0 Å². The summed E-state index contributed by atoms with van der Waals surface area (Å²) < 4.78 is 0. The van der Waals surface area contributed by atoms with Crippen LogP contribution in [0.15, 0.2) is 60.7 Å². The number of rotatable bonds is 7. The zero-order chi connectivity index (χ0) is 19.2. The first kappa shape index (κ1) is 20.7. The average Bonchev–Trinajstić information content (AvgIpc) is 2.57. The van der Waals surface area contributed by atoms with Gasteiger partial charge in [-0.05, 0) is 34.8 Å². The Morgan fingerprint density at radius 1 is 0.577 bits per heavy atom. The first-order chi connectivity index (χ1) is 12.1. The minimum atomic E-state index is -0.0811. The van der Waals surface area contributed by atoms with Crippen LogP contribution in [0, 0.1) is 10.8 Å². The highest BCUT2D eigenvalue weighted by atomic mass is 17.2. The third kappa shape index (κ3) is 7.31. The van der Waals surface area contributed by atoms with E-state index in [1.54, 1.807) is 0 Å². The predicted molar refractivity (Wildman–Crippen MR) is 109 cm³/mol.